The van der Waals surface area contributed by atoms with Gasteiger partial charge in [-0.05, 0) is 50.0 Å². The lowest BCUT2D eigenvalue weighted by Gasteiger charge is -2.39. The maximum absolute atomic E-state index is 13.6. The summed E-state index contributed by atoms with van der Waals surface area (Å²) < 4.78 is 13.6. The number of likely N-dealkylation sites (tertiary alicyclic amines) is 1. The number of carbonyl (C=O) groups is 1. The number of halogens is 1. The fourth-order valence-electron chi connectivity index (χ4n) is 4.26. The lowest BCUT2D eigenvalue weighted by Crippen LogP contribution is -2.50. The first-order chi connectivity index (χ1) is 12.5. The number of carbonyl (C=O) groups excluding carboxylic acids is 1. The van der Waals surface area contributed by atoms with E-state index in [0.29, 0.717) is 25.6 Å². The van der Waals surface area contributed by atoms with Gasteiger partial charge in [0.05, 0.1) is 12.0 Å². The van der Waals surface area contributed by atoms with Crippen molar-refractivity contribution in [2.24, 2.45) is 17.8 Å². The number of rotatable bonds is 5. The second-order valence-electron chi connectivity index (χ2n) is 7.82. The Balaban J connectivity index is 1.73. The van der Waals surface area contributed by atoms with Gasteiger partial charge >= 0.3 is 0 Å². The standard InChI is InChI=1S/C19H29FN4O2/c1-23(2)9-13-6-14(12-25)11-24(10-13)19(26)17-8-21-22-18(17)15-4-3-5-16(20)7-15/h3-5,7,13-14,17-18,21-22,25H,6,8-12H2,1-2H3/t13-,14+,17?,18?/m0/s1. The highest BCUT2D eigenvalue weighted by atomic mass is 19.1. The summed E-state index contributed by atoms with van der Waals surface area (Å²) in [7, 11) is 4.05. The lowest BCUT2D eigenvalue weighted by molar-refractivity contribution is -0.139. The first kappa shape index (κ1) is 19.2. The fourth-order valence-corrected chi connectivity index (χ4v) is 4.26. The largest absolute Gasteiger partial charge is 0.396 e. The molecule has 4 atom stereocenters. The molecule has 0 saturated carbocycles. The van der Waals surface area contributed by atoms with Gasteiger partial charge in [0.25, 0.3) is 0 Å². The van der Waals surface area contributed by atoms with E-state index in [0.717, 1.165) is 18.5 Å². The molecule has 0 radical (unpaired) electrons. The summed E-state index contributed by atoms with van der Waals surface area (Å²) in [6.07, 6.45) is 0.937. The van der Waals surface area contributed by atoms with Gasteiger partial charge in [0.15, 0.2) is 0 Å². The van der Waals surface area contributed by atoms with E-state index in [9.17, 15) is 14.3 Å². The molecule has 2 aliphatic heterocycles. The average Bonchev–Trinajstić information content (AvgIpc) is 3.10. The topological polar surface area (TPSA) is 67.8 Å². The summed E-state index contributed by atoms with van der Waals surface area (Å²) in [6.45, 7) is 2.81. The highest BCUT2D eigenvalue weighted by Crippen LogP contribution is 2.30. The molecule has 1 amide bonds. The van der Waals surface area contributed by atoms with Gasteiger partial charge in [0.1, 0.15) is 5.82 Å². The monoisotopic (exact) mass is 364 g/mol. The zero-order valence-electron chi connectivity index (χ0n) is 15.5. The quantitative estimate of drug-likeness (QED) is 0.714. The number of piperidine rings is 1. The van der Waals surface area contributed by atoms with Crippen LogP contribution in [-0.4, -0.2) is 67.7 Å². The molecule has 0 spiro atoms. The van der Waals surface area contributed by atoms with Gasteiger partial charge in [-0.1, -0.05) is 12.1 Å². The molecule has 7 heteroatoms. The van der Waals surface area contributed by atoms with Crippen molar-refractivity contribution in [1.29, 1.82) is 0 Å². The van der Waals surface area contributed by atoms with Gasteiger partial charge in [-0.2, -0.15) is 0 Å². The van der Waals surface area contributed by atoms with Crippen LogP contribution < -0.4 is 10.9 Å². The van der Waals surface area contributed by atoms with Crippen LogP contribution in [0.4, 0.5) is 4.39 Å². The molecule has 0 aliphatic carbocycles. The highest BCUT2D eigenvalue weighted by Gasteiger charge is 2.39. The fraction of sp³-hybridized carbons (Fsp3) is 0.632. The average molecular weight is 364 g/mol. The van der Waals surface area contributed by atoms with Crippen molar-refractivity contribution in [2.75, 3.05) is 46.9 Å². The van der Waals surface area contributed by atoms with Gasteiger partial charge in [-0.3, -0.25) is 10.2 Å². The maximum Gasteiger partial charge on any atom is 0.229 e. The van der Waals surface area contributed by atoms with Crippen LogP contribution in [0.5, 0.6) is 0 Å². The number of amides is 1. The van der Waals surface area contributed by atoms with E-state index in [4.69, 9.17) is 0 Å². The van der Waals surface area contributed by atoms with Crippen LogP contribution in [0.3, 0.4) is 0 Å². The molecule has 3 N–H and O–H groups in total. The molecular formula is C19H29FN4O2. The summed E-state index contributed by atoms with van der Waals surface area (Å²) in [5, 5.41) is 9.65. The second kappa shape index (κ2) is 8.43. The normalized spacial score (nSPS) is 29.3. The van der Waals surface area contributed by atoms with Gasteiger partial charge in [-0.15, -0.1) is 0 Å². The Morgan fingerprint density at radius 1 is 1.35 bits per heavy atom. The number of aliphatic hydroxyl groups excluding tert-OH is 1. The van der Waals surface area contributed by atoms with Crippen LogP contribution in [0.15, 0.2) is 24.3 Å². The predicted molar refractivity (Wildman–Crippen MR) is 97.6 cm³/mol. The Morgan fingerprint density at radius 2 is 2.12 bits per heavy atom. The number of aliphatic hydroxyl groups is 1. The number of hydrogen-bond acceptors (Lipinski definition) is 5. The van der Waals surface area contributed by atoms with E-state index in [1.54, 1.807) is 6.07 Å². The molecule has 2 unspecified atom stereocenters. The zero-order valence-corrected chi connectivity index (χ0v) is 15.5. The van der Waals surface area contributed by atoms with Crippen LogP contribution in [0.1, 0.15) is 18.0 Å². The number of hydrazine groups is 1. The Hall–Kier alpha value is -1.54. The molecule has 2 heterocycles. The van der Waals surface area contributed by atoms with Crippen LogP contribution in [0.25, 0.3) is 0 Å². The van der Waals surface area contributed by atoms with E-state index in [1.807, 2.05) is 25.1 Å². The van der Waals surface area contributed by atoms with Crippen molar-refractivity contribution in [3.8, 4) is 0 Å². The highest BCUT2D eigenvalue weighted by molar-refractivity contribution is 5.80. The van der Waals surface area contributed by atoms with Gasteiger partial charge < -0.3 is 14.9 Å². The van der Waals surface area contributed by atoms with Gasteiger partial charge in [-0.25, -0.2) is 9.82 Å². The van der Waals surface area contributed by atoms with E-state index in [-0.39, 0.29) is 36.2 Å². The third kappa shape index (κ3) is 4.40. The van der Waals surface area contributed by atoms with Crippen molar-refractivity contribution in [3.05, 3.63) is 35.6 Å². The lowest BCUT2D eigenvalue weighted by atomic mass is 9.87. The van der Waals surface area contributed by atoms with Crippen molar-refractivity contribution in [1.82, 2.24) is 20.7 Å². The Morgan fingerprint density at radius 3 is 2.81 bits per heavy atom. The molecule has 6 nitrogen and oxygen atoms in total. The molecule has 1 aromatic rings. The Kier molecular flexibility index (Phi) is 6.24. The summed E-state index contributed by atoms with van der Waals surface area (Å²) in [6, 6.07) is 6.15. The smallest absolute Gasteiger partial charge is 0.229 e. The second-order valence-corrected chi connectivity index (χ2v) is 7.82. The minimum absolute atomic E-state index is 0.0682. The Bertz CT molecular complexity index is 627. The van der Waals surface area contributed by atoms with E-state index >= 15 is 0 Å². The first-order valence-corrected chi connectivity index (χ1v) is 9.26. The SMILES string of the molecule is CN(C)C[C@@H]1C[C@@H](CO)CN(C(=O)C2CNNC2c2cccc(F)c2)C1. The minimum Gasteiger partial charge on any atom is -0.396 e. The molecular weight excluding hydrogens is 335 g/mol. The van der Waals surface area contributed by atoms with Crippen molar-refractivity contribution in [2.45, 2.75) is 12.5 Å². The summed E-state index contributed by atoms with van der Waals surface area (Å²) >= 11 is 0. The molecule has 2 saturated heterocycles. The molecule has 3 rings (SSSR count). The first-order valence-electron chi connectivity index (χ1n) is 9.26. The van der Waals surface area contributed by atoms with E-state index in [2.05, 4.69) is 15.8 Å². The third-order valence-electron chi connectivity index (χ3n) is 5.32. The maximum atomic E-state index is 13.6. The van der Waals surface area contributed by atoms with E-state index < -0.39 is 0 Å². The van der Waals surface area contributed by atoms with Crippen molar-refractivity contribution >= 4 is 5.91 Å². The molecule has 2 fully saturated rings. The molecule has 144 valence electrons. The van der Waals surface area contributed by atoms with Crippen LogP contribution in [0.2, 0.25) is 0 Å². The summed E-state index contributed by atoms with van der Waals surface area (Å²) in [5.41, 5.74) is 6.94. The summed E-state index contributed by atoms with van der Waals surface area (Å²) in [5.74, 6) is -0.0398. The van der Waals surface area contributed by atoms with Crippen LogP contribution in [-0.2, 0) is 4.79 Å². The molecule has 26 heavy (non-hydrogen) atoms. The molecule has 1 aromatic carbocycles. The molecule has 0 aromatic heterocycles. The summed E-state index contributed by atoms with van der Waals surface area (Å²) in [4.78, 5) is 17.2. The molecule has 0 bridgehead atoms. The minimum atomic E-state index is -0.299. The number of nitrogens with one attached hydrogen (secondary N) is 2. The van der Waals surface area contributed by atoms with Gasteiger partial charge in [0, 0.05) is 32.8 Å². The predicted octanol–water partition coefficient (Wildman–Crippen LogP) is 0.609. The molecule has 2 aliphatic rings. The Labute approximate surface area is 154 Å². The number of hydrogen-bond donors (Lipinski definition) is 3. The van der Waals surface area contributed by atoms with Crippen molar-refractivity contribution in [3.63, 3.8) is 0 Å². The van der Waals surface area contributed by atoms with Gasteiger partial charge in [0.2, 0.25) is 5.91 Å². The van der Waals surface area contributed by atoms with Crippen LogP contribution >= 0.6 is 0 Å². The number of nitrogens with zero attached hydrogens (tertiary/aromatic N) is 2. The van der Waals surface area contributed by atoms with E-state index in [1.165, 1.54) is 12.1 Å². The van der Waals surface area contributed by atoms with Crippen LogP contribution in [0, 0.1) is 23.6 Å². The number of benzene rings is 1. The van der Waals surface area contributed by atoms with Crippen molar-refractivity contribution < 1.29 is 14.3 Å². The zero-order chi connectivity index (χ0) is 18.7. The third-order valence-corrected chi connectivity index (χ3v) is 5.32.